The molecule has 0 bridgehead atoms. The Balaban J connectivity index is 1.51. The summed E-state index contributed by atoms with van der Waals surface area (Å²) in [5.41, 5.74) is 5.21. The lowest BCUT2D eigenvalue weighted by molar-refractivity contribution is -0.117. The Morgan fingerprint density at radius 1 is 1.00 bits per heavy atom. The zero-order valence-electron chi connectivity index (χ0n) is 20.7. The molecule has 38 heavy (non-hydrogen) atoms. The number of benzene rings is 4. The molecule has 0 unspecified atom stereocenters. The normalized spacial score (nSPS) is 11.5. The summed E-state index contributed by atoms with van der Waals surface area (Å²) in [6.07, 6.45) is 2.12. The Morgan fingerprint density at radius 2 is 1.82 bits per heavy atom. The third-order valence-corrected chi connectivity index (χ3v) is 6.52. The van der Waals surface area contributed by atoms with Crippen LogP contribution in [0.5, 0.6) is 5.75 Å². The van der Waals surface area contributed by atoms with Gasteiger partial charge in [-0.15, -0.1) is 0 Å². The van der Waals surface area contributed by atoms with Crippen LogP contribution in [0.2, 0.25) is 0 Å². The predicted molar refractivity (Wildman–Crippen MR) is 146 cm³/mol. The van der Waals surface area contributed by atoms with E-state index < -0.39 is 5.92 Å². The molecule has 0 aliphatic rings. The van der Waals surface area contributed by atoms with Crippen molar-refractivity contribution >= 4 is 22.5 Å². The smallest absolute Gasteiger partial charge is 0.232 e. The number of anilines is 1. The van der Waals surface area contributed by atoms with E-state index in [1.165, 1.54) is 12.1 Å². The number of amides is 1. The number of ether oxygens (including phenoxy) is 1. The fraction of sp³-hybridized carbons (Fsp3) is 0.0938. The van der Waals surface area contributed by atoms with Crippen molar-refractivity contribution < 1.29 is 13.9 Å². The molecule has 6 heteroatoms. The van der Waals surface area contributed by atoms with E-state index in [-0.39, 0.29) is 11.7 Å². The van der Waals surface area contributed by atoms with Gasteiger partial charge in [0.15, 0.2) is 0 Å². The summed E-state index contributed by atoms with van der Waals surface area (Å²) < 4.78 is 19.5. The molecule has 5 aromatic rings. The molecule has 5 nitrogen and oxygen atoms in total. The second kappa shape index (κ2) is 10.9. The van der Waals surface area contributed by atoms with Crippen LogP contribution in [0.15, 0.2) is 103 Å². The summed E-state index contributed by atoms with van der Waals surface area (Å²) in [6, 6.07) is 30.7. The lowest BCUT2D eigenvalue weighted by Crippen LogP contribution is -2.23. The maximum absolute atomic E-state index is 14.0. The number of carbonyl (C=O) groups excluding carboxylic acids is 1. The number of nitrogens with one attached hydrogen (secondary N) is 1. The quantitative estimate of drug-likeness (QED) is 0.264. The molecule has 1 aromatic heterocycles. The number of fused-ring (bicyclic) bond motifs is 1. The van der Waals surface area contributed by atoms with Gasteiger partial charge in [-0.3, -0.25) is 9.78 Å². The molecule has 5 rings (SSSR count). The average Bonchev–Trinajstić information content (AvgIpc) is 2.96. The molecule has 1 N–H and O–H groups in total. The molecule has 0 aliphatic heterocycles. The average molecular weight is 502 g/mol. The van der Waals surface area contributed by atoms with Gasteiger partial charge >= 0.3 is 0 Å². The lowest BCUT2D eigenvalue weighted by atomic mass is 9.89. The molecule has 0 aliphatic carbocycles. The molecule has 4 aromatic carbocycles. The van der Waals surface area contributed by atoms with Crippen LogP contribution in [0.1, 0.15) is 22.6 Å². The zero-order chi connectivity index (χ0) is 26.5. The van der Waals surface area contributed by atoms with Crippen molar-refractivity contribution in [1.29, 1.82) is 5.26 Å². The second-order valence-electron chi connectivity index (χ2n) is 8.89. The fourth-order valence-electron chi connectivity index (χ4n) is 4.61. The fourth-order valence-corrected chi connectivity index (χ4v) is 4.61. The van der Waals surface area contributed by atoms with Crippen LogP contribution in [0.25, 0.3) is 22.0 Å². The van der Waals surface area contributed by atoms with Crippen molar-refractivity contribution in [2.75, 3.05) is 12.4 Å². The van der Waals surface area contributed by atoms with Crippen LogP contribution in [0.3, 0.4) is 0 Å². The zero-order valence-corrected chi connectivity index (χ0v) is 20.7. The van der Waals surface area contributed by atoms with Crippen LogP contribution in [0.4, 0.5) is 10.1 Å². The number of nitriles is 1. The van der Waals surface area contributed by atoms with Gasteiger partial charge in [0.25, 0.3) is 0 Å². The largest absolute Gasteiger partial charge is 0.496 e. The number of hydrogen-bond acceptors (Lipinski definition) is 4. The monoisotopic (exact) mass is 501 g/mol. The van der Waals surface area contributed by atoms with E-state index in [4.69, 9.17) is 4.74 Å². The van der Waals surface area contributed by atoms with Gasteiger partial charge in [0.05, 0.1) is 30.2 Å². The van der Waals surface area contributed by atoms with Crippen LogP contribution in [-0.2, 0) is 11.2 Å². The summed E-state index contributed by atoms with van der Waals surface area (Å²) in [4.78, 5) is 17.9. The van der Waals surface area contributed by atoms with Gasteiger partial charge < -0.3 is 10.1 Å². The topological polar surface area (TPSA) is 75.0 Å². The van der Waals surface area contributed by atoms with E-state index >= 15 is 0 Å². The van der Waals surface area contributed by atoms with E-state index in [0.29, 0.717) is 28.9 Å². The van der Waals surface area contributed by atoms with Crippen LogP contribution >= 0.6 is 0 Å². The van der Waals surface area contributed by atoms with Gasteiger partial charge in [0.1, 0.15) is 11.6 Å². The maximum atomic E-state index is 14.0. The number of aromatic nitrogens is 1. The van der Waals surface area contributed by atoms with Crippen molar-refractivity contribution in [3.63, 3.8) is 0 Å². The lowest BCUT2D eigenvalue weighted by Gasteiger charge is -2.19. The molecule has 0 saturated carbocycles. The molecule has 1 atom stereocenters. The summed E-state index contributed by atoms with van der Waals surface area (Å²) >= 11 is 0. The summed E-state index contributed by atoms with van der Waals surface area (Å²) in [5.74, 6) is -0.344. The van der Waals surface area contributed by atoms with Crippen molar-refractivity contribution in [3.05, 3.63) is 126 Å². The van der Waals surface area contributed by atoms with Gasteiger partial charge in [-0.1, -0.05) is 48.5 Å². The highest BCUT2D eigenvalue weighted by Crippen LogP contribution is 2.32. The molecule has 0 saturated heterocycles. The van der Waals surface area contributed by atoms with E-state index in [2.05, 4.69) is 16.4 Å². The SMILES string of the molecule is COc1ccccc1C[C@@H](C(=O)Nc1cccc(C#N)c1)c1ccc(-c2ccnc3ccc(F)cc23)cc1. The third-order valence-electron chi connectivity index (χ3n) is 6.52. The van der Waals surface area contributed by atoms with Gasteiger partial charge in [-0.25, -0.2) is 4.39 Å². The molecule has 0 radical (unpaired) electrons. The number of para-hydroxylation sites is 1. The summed E-state index contributed by atoms with van der Waals surface area (Å²) in [6.45, 7) is 0. The first-order valence-electron chi connectivity index (χ1n) is 12.1. The minimum absolute atomic E-state index is 0.199. The first-order valence-corrected chi connectivity index (χ1v) is 12.1. The van der Waals surface area contributed by atoms with Gasteiger partial charge in [-0.2, -0.15) is 5.26 Å². The molecule has 186 valence electrons. The first-order chi connectivity index (χ1) is 18.6. The van der Waals surface area contributed by atoms with E-state index in [1.54, 1.807) is 43.6 Å². The minimum atomic E-state index is -0.530. The molecule has 1 amide bonds. The highest BCUT2D eigenvalue weighted by molar-refractivity contribution is 5.97. The van der Waals surface area contributed by atoms with Crippen molar-refractivity contribution in [3.8, 4) is 22.9 Å². The Labute approximate surface area is 220 Å². The number of hydrogen-bond donors (Lipinski definition) is 1. The standard InChI is InChI=1S/C32H24FN3O2/c1-38-31-8-3-2-6-24(31)18-28(32(37)36-26-7-4-5-21(17-26)20-34)23-11-9-22(10-12-23)27-15-16-35-30-14-13-25(33)19-29(27)30/h2-17,19,28H,18H2,1H3,(H,36,37)/t28-/m1/s1. The predicted octanol–water partition coefficient (Wildman–Crippen LogP) is 6.89. The van der Waals surface area contributed by atoms with Crippen LogP contribution in [0, 0.1) is 17.1 Å². The van der Waals surface area contributed by atoms with Gasteiger partial charge in [0.2, 0.25) is 5.91 Å². The number of nitrogens with zero attached hydrogens (tertiary/aromatic N) is 2. The van der Waals surface area contributed by atoms with Gasteiger partial charge in [-0.05, 0) is 77.2 Å². The Morgan fingerprint density at radius 3 is 2.61 bits per heavy atom. The highest BCUT2D eigenvalue weighted by atomic mass is 19.1. The second-order valence-corrected chi connectivity index (χ2v) is 8.89. The summed E-state index contributed by atoms with van der Waals surface area (Å²) in [7, 11) is 1.61. The number of rotatable bonds is 7. The Hall–Kier alpha value is -5.02. The first kappa shape index (κ1) is 24.7. The molecular formula is C32H24FN3O2. The third kappa shape index (κ3) is 5.23. The minimum Gasteiger partial charge on any atom is -0.496 e. The maximum Gasteiger partial charge on any atom is 0.232 e. The van der Waals surface area contributed by atoms with Crippen LogP contribution < -0.4 is 10.1 Å². The van der Waals surface area contributed by atoms with Crippen molar-refractivity contribution in [2.45, 2.75) is 12.3 Å². The molecule has 1 heterocycles. The molecule has 0 spiro atoms. The van der Waals surface area contributed by atoms with Crippen molar-refractivity contribution in [2.24, 2.45) is 0 Å². The van der Waals surface area contributed by atoms with Crippen molar-refractivity contribution in [1.82, 2.24) is 4.98 Å². The molecule has 0 fully saturated rings. The van der Waals surface area contributed by atoms with E-state index in [1.807, 2.05) is 54.6 Å². The Kier molecular flexibility index (Phi) is 7.10. The number of pyridine rings is 1. The number of carbonyl (C=O) groups is 1. The number of halogens is 1. The Bertz CT molecular complexity index is 1660. The van der Waals surface area contributed by atoms with E-state index in [0.717, 1.165) is 27.6 Å². The summed E-state index contributed by atoms with van der Waals surface area (Å²) in [5, 5.41) is 12.9. The van der Waals surface area contributed by atoms with Gasteiger partial charge in [0, 0.05) is 17.3 Å². The molecular weight excluding hydrogens is 477 g/mol. The van der Waals surface area contributed by atoms with Crippen LogP contribution in [-0.4, -0.2) is 18.0 Å². The highest BCUT2D eigenvalue weighted by Gasteiger charge is 2.23. The van der Waals surface area contributed by atoms with E-state index in [9.17, 15) is 14.4 Å². The number of methoxy groups -OCH3 is 1.